The highest BCUT2D eigenvalue weighted by molar-refractivity contribution is 5.99. The highest BCUT2D eigenvalue weighted by atomic mass is 16.5. The summed E-state index contributed by atoms with van der Waals surface area (Å²) >= 11 is 0. The van der Waals surface area contributed by atoms with Gasteiger partial charge in [-0.15, -0.1) is 0 Å². The molecule has 1 rings (SSSR count). The Balaban J connectivity index is 2.87. The fourth-order valence-electron chi connectivity index (χ4n) is 2.09. The van der Waals surface area contributed by atoms with E-state index >= 15 is 0 Å². The molecule has 124 valence electrons. The van der Waals surface area contributed by atoms with Crippen LogP contribution in [0.15, 0.2) is 48.1 Å². The van der Waals surface area contributed by atoms with Crippen LogP contribution in [0.4, 0.5) is 5.69 Å². The Hall–Kier alpha value is -2.40. The minimum absolute atomic E-state index is 0.0289. The highest BCUT2D eigenvalue weighted by Crippen LogP contribution is 2.17. The third kappa shape index (κ3) is 5.71. The van der Waals surface area contributed by atoms with Crippen LogP contribution in [0.1, 0.15) is 30.6 Å². The second-order valence-corrected chi connectivity index (χ2v) is 5.50. The molecule has 23 heavy (non-hydrogen) atoms. The van der Waals surface area contributed by atoms with Gasteiger partial charge < -0.3 is 4.90 Å². The molecule has 0 aromatic heterocycles. The maximum atomic E-state index is 12.5. The van der Waals surface area contributed by atoms with Crippen LogP contribution in [0.2, 0.25) is 0 Å². The fourth-order valence-corrected chi connectivity index (χ4v) is 2.09. The van der Waals surface area contributed by atoms with E-state index in [2.05, 4.69) is 0 Å². The molecule has 0 bridgehead atoms. The Morgan fingerprint density at radius 1 is 1.22 bits per heavy atom. The number of nitrogens with one attached hydrogen (secondary N) is 1. The first kappa shape index (κ1) is 18.6. The van der Waals surface area contributed by atoms with E-state index in [9.17, 15) is 9.59 Å². The Morgan fingerprint density at radius 3 is 2.30 bits per heavy atom. The van der Waals surface area contributed by atoms with Crippen molar-refractivity contribution in [3.63, 3.8) is 0 Å². The maximum absolute atomic E-state index is 12.5. The lowest BCUT2D eigenvalue weighted by atomic mass is 9.96. The Kier molecular flexibility index (Phi) is 7.22. The van der Waals surface area contributed by atoms with Crippen molar-refractivity contribution in [1.29, 1.82) is 0 Å². The normalized spacial score (nSPS) is 13.0. The number of benzene rings is 1. The van der Waals surface area contributed by atoms with Crippen LogP contribution in [0.25, 0.3) is 0 Å². The van der Waals surface area contributed by atoms with Gasteiger partial charge in [-0.3, -0.25) is 14.8 Å². The summed E-state index contributed by atoms with van der Waals surface area (Å²) in [6.45, 7) is 3.77. The zero-order valence-electron chi connectivity index (χ0n) is 14.0. The zero-order valence-corrected chi connectivity index (χ0v) is 14.0. The quantitative estimate of drug-likeness (QED) is 0.267. The van der Waals surface area contributed by atoms with Gasteiger partial charge in [-0.05, 0) is 30.7 Å². The molecule has 0 unspecified atom stereocenters. The first-order valence-electron chi connectivity index (χ1n) is 7.53. The summed E-state index contributed by atoms with van der Waals surface area (Å²) in [5.41, 5.74) is 4.10. The summed E-state index contributed by atoms with van der Waals surface area (Å²) < 4.78 is 0. The number of carbonyl (C=O) groups excluding carboxylic acids is 2. The van der Waals surface area contributed by atoms with Gasteiger partial charge in [0.15, 0.2) is 5.78 Å². The predicted octanol–water partition coefficient (Wildman–Crippen LogP) is 2.97. The topological polar surface area (TPSA) is 69.6 Å². The predicted molar refractivity (Wildman–Crippen MR) is 91.7 cm³/mol. The van der Waals surface area contributed by atoms with Crippen molar-refractivity contribution in [1.82, 2.24) is 5.48 Å². The lowest BCUT2D eigenvalue weighted by molar-refractivity contribution is -0.124. The molecule has 0 fully saturated rings. The number of hydrogen-bond acceptors (Lipinski definition) is 4. The average Bonchev–Trinajstić information content (AvgIpc) is 2.57. The fraction of sp³-hybridized carbons (Fsp3) is 0.333. The summed E-state index contributed by atoms with van der Waals surface area (Å²) in [6, 6.07) is 7.47. The Bertz CT molecular complexity index is 601. The lowest BCUT2D eigenvalue weighted by Crippen LogP contribution is -2.15. The van der Waals surface area contributed by atoms with Gasteiger partial charge in [0.25, 0.3) is 5.91 Å². The standard InChI is InChI=1S/C18H24N2O3/c1-5-14(6-11-17(21)19-23)12-13(2)18(22)15-7-9-16(10-8-15)20(3)4/h6-13,23H,5H2,1-4H3,(H,19,21)/b11-6+,14-12+/t13-/m1/s1. The van der Waals surface area contributed by atoms with Crippen molar-refractivity contribution in [3.05, 3.63) is 53.6 Å². The van der Waals surface area contributed by atoms with Crippen molar-refractivity contribution < 1.29 is 14.8 Å². The third-order valence-electron chi connectivity index (χ3n) is 3.51. The zero-order chi connectivity index (χ0) is 17.4. The lowest BCUT2D eigenvalue weighted by Gasteiger charge is -2.13. The smallest absolute Gasteiger partial charge is 0.267 e. The number of nitrogens with zero attached hydrogens (tertiary/aromatic N) is 1. The number of ketones is 1. The molecule has 2 N–H and O–H groups in total. The minimum atomic E-state index is -0.595. The molecule has 5 nitrogen and oxygen atoms in total. The number of carbonyl (C=O) groups is 2. The van der Waals surface area contributed by atoms with Crippen LogP contribution in [0.5, 0.6) is 0 Å². The number of Topliss-reactive ketones (excluding diaryl/α,β-unsaturated/α-hetero) is 1. The van der Waals surface area contributed by atoms with E-state index < -0.39 is 5.91 Å². The van der Waals surface area contributed by atoms with Crippen molar-refractivity contribution in [2.45, 2.75) is 20.3 Å². The molecule has 1 aromatic rings. The molecule has 0 heterocycles. The molecule has 0 radical (unpaired) electrons. The molecule has 1 atom stereocenters. The number of anilines is 1. The van der Waals surface area contributed by atoms with Crippen LogP contribution in [0, 0.1) is 5.92 Å². The van der Waals surface area contributed by atoms with Gasteiger partial charge in [0.2, 0.25) is 0 Å². The number of allylic oxidation sites excluding steroid dienone is 3. The van der Waals surface area contributed by atoms with Crippen molar-refractivity contribution in [2.24, 2.45) is 5.92 Å². The van der Waals surface area contributed by atoms with Gasteiger partial charge in [-0.1, -0.05) is 31.6 Å². The van der Waals surface area contributed by atoms with E-state index in [1.165, 1.54) is 11.6 Å². The van der Waals surface area contributed by atoms with Gasteiger partial charge in [-0.25, -0.2) is 5.48 Å². The SMILES string of the molecule is CCC(/C=C/C(=O)NO)=C\[C@@H](C)C(=O)c1ccc(N(C)C)cc1. The molecule has 0 aliphatic carbocycles. The van der Waals surface area contributed by atoms with E-state index in [1.807, 2.05) is 63.2 Å². The van der Waals surface area contributed by atoms with Gasteiger partial charge in [0.1, 0.15) is 0 Å². The number of hydrogen-bond donors (Lipinski definition) is 2. The molecule has 0 saturated heterocycles. The number of rotatable bonds is 7. The van der Waals surface area contributed by atoms with Gasteiger partial charge in [0, 0.05) is 37.3 Å². The molecular formula is C18H24N2O3. The molecule has 0 spiro atoms. The summed E-state index contributed by atoms with van der Waals surface area (Å²) in [5, 5.41) is 8.47. The van der Waals surface area contributed by atoms with Crippen LogP contribution < -0.4 is 10.4 Å². The minimum Gasteiger partial charge on any atom is -0.378 e. The van der Waals surface area contributed by atoms with Gasteiger partial charge in [-0.2, -0.15) is 0 Å². The monoisotopic (exact) mass is 316 g/mol. The molecular weight excluding hydrogens is 292 g/mol. The number of amides is 1. The first-order valence-corrected chi connectivity index (χ1v) is 7.53. The van der Waals surface area contributed by atoms with Crippen molar-refractivity contribution >= 4 is 17.4 Å². The van der Waals surface area contributed by atoms with Crippen LogP contribution in [-0.2, 0) is 4.79 Å². The van der Waals surface area contributed by atoms with E-state index in [4.69, 9.17) is 5.21 Å². The maximum Gasteiger partial charge on any atom is 0.267 e. The molecule has 0 aliphatic heterocycles. The summed E-state index contributed by atoms with van der Waals surface area (Å²) in [5.74, 6) is -0.860. The van der Waals surface area contributed by atoms with E-state index in [1.54, 1.807) is 6.08 Å². The average molecular weight is 316 g/mol. The molecule has 1 aromatic carbocycles. The largest absolute Gasteiger partial charge is 0.378 e. The van der Waals surface area contributed by atoms with Crippen LogP contribution >= 0.6 is 0 Å². The number of hydroxylamine groups is 1. The van der Waals surface area contributed by atoms with E-state index in [-0.39, 0.29) is 11.7 Å². The van der Waals surface area contributed by atoms with E-state index in [0.717, 1.165) is 11.3 Å². The van der Waals surface area contributed by atoms with Gasteiger partial charge >= 0.3 is 0 Å². The summed E-state index contributed by atoms with van der Waals surface area (Å²) in [4.78, 5) is 25.5. The molecule has 0 saturated carbocycles. The van der Waals surface area contributed by atoms with Gasteiger partial charge in [0.05, 0.1) is 0 Å². The first-order chi connectivity index (χ1) is 10.9. The second-order valence-electron chi connectivity index (χ2n) is 5.50. The van der Waals surface area contributed by atoms with Crippen LogP contribution in [-0.4, -0.2) is 31.0 Å². The summed E-state index contributed by atoms with van der Waals surface area (Å²) in [7, 11) is 3.90. The molecule has 1 amide bonds. The Labute approximate surface area is 137 Å². The summed E-state index contributed by atoms with van der Waals surface area (Å²) in [6.07, 6.45) is 5.36. The molecule has 0 aliphatic rings. The highest BCUT2D eigenvalue weighted by Gasteiger charge is 2.13. The molecule has 5 heteroatoms. The van der Waals surface area contributed by atoms with Crippen molar-refractivity contribution in [3.8, 4) is 0 Å². The van der Waals surface area contributed by atoms with Crippen molar-refractivity contribution in [2.75, 3.05) is 19.0 Å². The van der Waals surface area contributed by atoms with Crippen LogP contribution in [0.3, 0.4) is 0 Å². The van der Waals surface area contributed by atoms with E-state index in [0.29, 0.717) is 12.0 Å². The Morgan fingerprint density at radius 2 is 1.83 bits per heavy atom. The third-order valence-corrected chi connectivity index (χ3v) is 3.51. The second kappa shape index (κ2) is 8.90.